The van der Waals surface area contributed by atoms with Crippen molar-refractivity contribution >= 4 is 40.4 Å². The van der Waals surface area contributed by atoms with Gasteiger partial charge in [0, 0.05) is 10.6 Å². The summed E-state index contributed by atoms with van der Waals surface area (Å²) in [6, 6.07) is 17.3. The number of amides is 3. The van der Waals surface area contributed by atoms with Crippen molar-refractivity contribution in [2.24, 2.45) is 0 Å². The van der Waals surface area contributed by atoms with Crippen molar-refractivity contribution in [2.75, 3.05) is 10.2 Å². The summed E-state index contributed by atoms with van der Waals surface area (Å²) in [6.07, 6.45) is 0.317. The first kappa shape index (κ1) is 16.2. The summed E-state index contributed by atoms with van der Waals surface area (Å²) in [5.74, 6) is -0.777. The first-order valence-electron chi connectivity index (χ1n) is 8.03. The molecule has 128 valence electrons. The molecule has 0 saturated heterocycles. The molecular formula is C20H14N2O3S. The summed E-state index contributed by atoms with van der Waals surface area (Å²) in [5, 5.41) is 4.75. The number of nitrogens with one attached hydrogen (secondary N) is 1. The Morgan fingerprint density at radius 3 is 2.12 bits per heavy atom. The van der Waals surface area contributed by atoms with Crippen LogP contribution < -0.4 is 10.2 Å². The lowest BCUT2D eigenvalue weighted by Crippen LogP contribution is -2.29. The van der Waals surface area contributed by atoms with Crippen LogP contribution in [-0.4, -0.2) is 17.7 Å². The predicted molar refractivity (Wildman–Crippen MR) is 101 cm³/mol. The van der Waals surface area contributed by atoms with E-state index >= 15 is 0 Å². The first-order chi connectivity index (χ1) is 12.6. The summed E-state index contributed by atoms with van der Waals surface area (Å²) in [4.78, 5) is 39.2. The monoisotopic (exact) mass is 362 g/mol. The SMILES string of the molecule is O=C(Cc1cccs1)Nc1ccc(N2C(=O)c3ccccc3C2=O)cc1. The van der Waals surface area contributed by atoms with E-state index in [1.165, 1.54) is 11.3 Å². The Morgan fingerprint density at radius 2 is 1.54 bits per heavy atom. The number of rotatable bonds is 4. The van der Waals surface area contributed by atoms with E-state index < -0.39 is 0 Å². The molecule has 4 rings (SSSR count). The van der Waals surface area contributed by atoms with Gasteiger partial charge in [0.15, 0.2) is 0 Å². The predicted octanol–water partition coefficient (Wildman–Crippen LogP) is 3.73. The Hall–Kier alpha value is -3.25. The van der Waals surface area contributed by atoms with Gasteiger partial charge in [-0.05, 0) is 47.8 Å². The molecule has 6 heteroatoms. The third-order valence-electron chi connectivity index (χ3n) is 4.12. The Balaban J connectivity index is 1.49. The molecule has 1 aliphatic heterocycles. The number of hydrogen-bond acceptors (Lipinski definition) is 4. The van der Waals surface area contributed by atoms with E-state index in [-0.39, 0.29) is 17.7 Å². The maximum absolute atomic E-state index is 12.5. The summed E-state index contributed by atoms with van der Waals surface area (Å²) in [6.45, 7) is 0. The molecular weight excluding hydrogens is 348 g/mol. The lowest BCUT2D eigenvalue weighted by Gasteiger charge is -2.14. The van der Waals surface area contributed by atoms with Crippen LogP contribution in [-0.2, 0) is 11.2 Å². The fourth-order valence-electron chi connectivity index (χ4n) is 2.89. The number of anilines is 2. The van der Waals surface area contributed by atoms with Crippen molar-refractivity contribution in [2.45, 2.75) is 6.42 Å². The summed E-state index contributed by atoms with van der Waals surface area (Å²) < 4.78 is 0. The van der Waals surface area contributed by atoms with Crippen LogP contribution in [0, 0.1) is 0 Å². The molecule has 2 heterocycles. The minimum Gasteiger partial charge on any atom is -0.326 e. The van der Waals surface area contributed by atoms with Crippen LogP contribution in [0.4, 0.5) is 11.4 Å². The number of carbonyl (C=O) groups is 3. The molecule has 1 N–H and O–H groups in total. The maximum atomic E-state index is 12.5. The molecule has 0 unspecified atom stereocenters. The Labute approximate surface area is 153 Å². The highest BCUT2D eigenvalue weighted by Gasteiger charge is 2.36. The smallest absolute Gasteiger partial charge is 0.266 e. The quantitative estimate of drug-likeness (QED) is 0.719. The summed E-state index contributed by atoms with van der Waals surface area (Å²) in [7, 11) is 0. The fraction of sp³-hybridized carbons (Fsp3) is 0.0500. The molecule has 0 aliphatic carbocycles. The number of carbonyl (C=O) groups excluding carboxylic acids is 3. The zero-order valence-electron chi connectivity index (χ0n) is 13.6. The van der Waals surface area contributed by atoms with E-state index in [9.17, 15) is 14.4 Å². The largest absolute Gasteiger partial charge is 0.326 e. The third kappa shape index (κ3) is 2.91. The lowest BCUT2D eigenvalue weighted by atomic mass is 10.1. The normalized spacial score (nSPS) is 13.0. The molecule has 0 spiro atoms. The molecule has 1 aromatic heterocycles. The summed E-state index contributed by atoms with van der Waals surface area (Å²) >= 11 is 1.53. The fourth-order valence-corrected chi connectivity index (χ4v) is 3.60. The molecule has 0 radical (unpaired) electrons. The average Bonchev–Trinajstić information content (AvgIpc) is 3.24. The highest BCUT2D eigenvalue weighted by molar-refractivity contribution is 7.10. The van der Waals surface area contributed by atoms with Gasteiger partial charge in [0.05, 0.1) is 23.2 Å². The number of imide groups is 1. The van der Waals surface area contributed by atoms with E-state index in [4.69, 9.17) is 0 Å². The van der Waals surface area contributed by atoms with Crippen molar-refractivity contribution < 1.29 is 14.4 Å². The van der Waals surface area contributed by atoms with Gasteiger partial charge in [0.1, 0.15) is 0 Å². The second-order valence-corrected chi connectivity index (χ2v) is 6.87. The zero-order valence-corrected chi connectivity index (χ0v) is 14.5. The Bertz CT molecular complexity index is 959. The minimum atomic E-state index is -0.333. The van der Waals surface area contributed by atoms with Crippen LogP contribution in [0.25, 0.3) is 0 Å². The van der Waals surface area contributed by atoms with E-state index in [2.05, 4.69) is 5.32 Å². The van der Waals surface area contributed by atoms with Gasteiger partial charge in [0.2, 0.25) is 5.91 Å². The van der Waals surface area contributed by atoms with E-state index in [0.29, 0.717) is 28.9 Å². The molecule has 3 amide bonds. The van der Waals surface area contributed by atoms with E-state index in [0.717, 1.165) is 9.78 Å². The van der Waals surface area contributed by atoms with Crippen molar-refractivity contribution in [3.05, 3.63) is 82.0 Å². The van der Waals surface area contributed by atoms with Crippen LogP contribution in [0.1, 0.15) is 25.6 Å². The summed E-state index contributed by atoms with van der Waals surface area (Å²) in [5.41, 5.74) is 1.91. The number of thiophene rings is 1. The lowest BCUT2D eigenvalue weighted by molar-refractivity contribution is -0.115. The van der Waals surface area contributed by atoms with Crippen LogP contribution in [0.5, 0.6) is 0 Å². The number of benzene rings is 2. The Kier molecular flexibility index (Phi) is 4.10. The van der Waals surface area contributed by atoms with Gasteiger partial charge in [-0.1, -0.05) is 18.2 Å². The second-order valence-electron chi connectivity index (χ2n) is 5.84. The van der Waals surface area contributed by atoms with Gasteiger partial charge in [-0.2, -0.15) is 0 Å². The Morgan fingerprint density at radius 1 is 0.885 bits per heavy atom. The standard InChI is InChI=1S/C20H14N2O3S/c23-18(12-15-4-3-11-26-15)21-13-7-9-14(10-8-13)22-19(24)16-5-1-2-6-17(16)20(22)25/h1-11H,12H2,(H,21,23). The zero-order chi connectivity index (χ0) is 18.1. The molecule has 0 bridgehead atoms. The van der Waals surface area contributed by atoms with Gasteiger partial charge in [-0.3, -0.25) is 14.4 Å². The third-order valence-corrected chi connectivity index (χ3v) is 4.99. The van der Waals surface area contributed by atoms with Crippen molar-refractivity contribution in [1.82, 2.24) is 0 Å². The molecule has 0 atom stereocenters. The van der Waals surface area contributed by atoms with Crippen molar-refractivity contribution in [3.8, 4) is 0 Å². The maximum Gasteiger partial charge on any atom is 0.266 e. The number of nitrogens with zero attached hydrogens (tertiary/aromatic N) is 1. The first-order valence-corrected chi connectivity index (χ1v) is 8.91. The van der Waals surface area contributed by atoms with Gasteiger partial charge < -0.3 is 5.32 Å². The van der Waals surface area contributed by atoms with Crippen LogP contribution >= 0.6 is 11.3 Å². The van der Waals surface area contributed by atoms with Crippen molar-refractivity contribution in [1.29, 1.82) is 0 Å². The number of fused-ring (bicyclic) bond motifs is 1. The van der Waals surface area contributed by atoms with Gasteiger partial charge in [0.25, 0.3) is 11.8 Å². The van der Waals surface area contributed by atoms with E-state index in [1.807, 2.05) is 17.5 Å². The molecule has 3 aromatic rings. The molecule has 0 fully saturated rings. The molecule has 1 aliphatic rings. The van der Waals surface area contributed by atoms with Gasteiger partial charge in [-0.15, -0.1) is 11.3 Å². The van der Waals surface area contributed by atoms with E-state index in [1.54, 1.807) is 48.5 Å². The highest BCUT2D eigenvalue weighted by Crippen LogP contribution is 2.29. The molecule has 26 heavy (non-hydrogen) atoms. The molecule has 2 aromatic carbocycles. The van der Waals surface area contributed by atoms with Gasteiger partial charge in [-0.25, -0.2) is 4.90 Å². The van der Waals surface area contributed by atoms with Gasteiger partial charge >= 0.3 is 0 Å². The average molecular weight is 362 g/mol. The molecule has 0 saturated carbocycles. The minimum absolute atomic E-state index is 0.110. The van der Waals surface area contributed by atoms with Crippen LogP contribution in [0.3, 0.4) is 0 Å². The highest BCUT2D eigenvalue weighted by atomic mass is 32.1. The molecule has 5 nitrogen and oxygen atoms in total. The van der Waals surface area contributed by atoms with Crippen molar-refractivity contribution in [3.63, 3.8) is 0 Å². The number of hydrogen-bond donors (Lipinski definition) is 1. The van der Waals surface area contributed by atoms with Crippen LogP contribution in [0.2, 0.25) is 0 Å². The second kappa shape index (κ2) is 6.57. The topological polar surface area (TPSA) is 66.5 Å². The van der Waals surface area contributed by atoms with Crippen LogP contribution in [0.15, 0.2) is 66.0 Å².